The Morgan fingerprint density at radius 1 is 1.79 bits per heavy atom. The molecule has 1 aliphatic heterocycles. The van der Waals surface area contributed by atoms with Gasteiger partial charge >= 0.3 is 5.97 Å². The van der Waals surface area contributed by atoms with E-state index in [2.05, 4.69) is 5.32 Å². The van der Waals surface area contributed by atoms with E-state index in [9.17, 15) is 4.79 Å². The molecule has 1 rings (SSSR count). The van der Waals surface area contributed by atoms with Gasteiger partial charge in [0.15, 0.2) is 0 Å². The molecule has 0 saturated carbocycles. The third-order valence-corrected chi connectivity index (χ3v) is 2.69. The van der Waals surface area contributed by atoms with E-state index < -0.39 is 11.5 Å². The topological polar surface area (TPSA) is 67.8 Å². The van der Waals surface area contributed by atoms with Crippen molar-refractivity contribution in [1.29, 1.82) is 0 Å². The number of methoxy groups -OCH3 is 1. The monoisotopic (exact) mass is 203 g/mol. The van der Waals surface area contributed by atoms with Gasteiger partial charge in [-0.15, -0.1) is 0 Å². The van der Waals surface area contributed by atoms with Crippen LogP contribution in [0.2, 0.25) is 0 Å². The number of carboxylic acids is 1. The minimum Gasteiger partial charge on any atom is -0.480 e. The molecule has 2 atom stereocenters. The SMILES string of the molecule is COCCNC1(C(=O)O)CCOC1C. The Balaban J connectivity index is 2.58. The summed E-state index contributed by atoms with van der Waals surface area (Å²) in [6, 6.07) is 0. The summed E-state index contributed by atoms with van der Waals surface area (Å²) in [5, 5.41) is 12.1. The predicted molar refractivity (Wildman–Crippen MR) is 50.3 cm³/mol. The van der Waals surface area contributed by atoms with Crippen LogP contribution in [0.3, 0.4) is 0 Å². The highest BCUT2D eigenvalue weighted by Crippen LogP contribution is 2.25. The molecule has 0 aliphatic carbocycles. The fraction of sp³-hybridized carbons (Fsp3) is 0.889. The number of hydrogen-bond acceptors (Lipinski definition) is 4. The van der Waals surface area contributed by atoms with Crippen LogP contribution in [0.15, 0.2) is 0 Å². The molecule has 2 N–H and O–H groups in total. The van der Waals surface area contributed by atoms with Crippen LogP contribution in [-0.2, 0) is 14.3 Å². The lowest BCUT2D eigenvalue weighted by Gasteiger charge is -2.28. The summed E-state index contributed by atoms with van der Waals surface area (Å²) in [5.41, 5.74) is -0.932. The van der Waals surface area contributed by atoms with Gasteiger partial charge in [-0.25, -0.2) is 0 Å². The number of carboxylic acid groups (broad SMARTS) is 1. The highest BCUT2D eigenvalue weighted by atomic mass is 16.5. The fourth-order valence-corrected chi connectivity index (χ4v) is 1.71. The number of carbonyl (C=O) groups is 1. The van der Waals surface area contributed by atoms with Crippen molar-refractivity contribution in [2.24, 2.45) is 0 Å². The molecule has 0 aromatic rings. The van der Waals surface area contributed by atoms with Crippen molar-refractivity contribution in [1.82, 2.24) is 5.32 Å². The van der Waals surface area contributed by atoms with Gasteiger partial charge < -0.3 is 14.6 Å². The molecule has 2 unspecified atom stereocenters. The minimum absolute atomic E-state index is 0.295. The maximum Gasteiger partial charge on any atom is 0.326 e. The molecule has 1 heterocycles. The third-order valence-electron chi connectivity index (χ3n) is 2.69. The average Bonchev–Trinajstić information content (AvgIpc) is 2.49. The lowest BCUT2D eigenvalue weighted by atomic mass is 9.92. The van der Waals surface area contributed by atoms with E-state index in [-0.39, 0.29) is 6.10 Å². The van der Waals surface area contributed by atoms with Gasteiger partial charge in [0.25, 0.3) is 0 Å². The van der Waals surface area contributed by atoms with Gasteiger partial charge in [-0.05, 0) is 6.92 Å². The maximum absolute atomic E-state index is 11.1. The summed E-state index contributed by atoms with van der Waals surface area (Å²) in [6.07, 6.45) is 0.213. The Morgan fingerprint density at radius 2 is 2.50 bits per heavy atom. The summed E-state index contributed by atoms with van der Waals surface area (Å²) in [7, 11) is 1.59. The van der Waals surface area contributed by atoms with Crippen molar-refractivity contribution in [3.8, 4) is 0 Å². The lowest BCUT2D eigenvalue weighted by molar-refractivity contribution is -0.147. The summed E-state index contributed by atoms with van der Waals surface area (Å²) in [4.78, 5) is 11.1. The number of nitrogens with one attached hydrogen (secondary N) is 1. The van der Waals surface area contributed by atoms with Gasteiger partial charge in [-0.2, -0.15) is 0 Å². The largest absolute Gasteiger partial charge is 0.480 e. The zero-order chi connectivity index (χ0) is 10.6. The van der Waals surface area contributed by atoms with E-state index >= 15 is 0 Å². The molecule has 0 aromatic carbocycles. The zero-order valence-corrected chi connectivity index (χ0v) is 8.58. The molecule has 0 spiro atoms. The number of ether oxygens (including phenoxy) is 2. The molecule has 5 heteroatoms. The Hall–Kier alpha value is -0.650. The van der Waals surface area contributed by atoms with Crippen LogP contribution in [0.1, 0.15) is 13.3 Å². The van der Waals surface area contributed by atoms with Gasteiger partial charge in [0, 0.05) is 26.7 Å². The third kappa shape index (κ3) is 2.05. The number of hydrogen-bond donors (Lipinski definition) is 2. The molecule has 0 bridgehead atoms. The van der Waals surface area contributed by atoms with Crippen molar-refractivity contribution in [2.75, 3.05) is 26.9 Å². The Bertz CT molecular complexity index is 209. The van der Waals surface area contributed by atoms with E-state index in [1.165, 1.54) is 0 Å². The molecule has 0 amide bonds. The predicted octanol–water partition coefficient (Wildman–Crippen LogP) is -0.145. The van der Waals surface area contributed by atoms with Gasteiger partial charge in [-0.1, -0.05) is 0 Å². The van der Waals surface area contributed by atoms with Crippen molar-refractivity contribution < 1.29 is 19.4 Å². The van der Waals surface area contributed by atoms with Crippen LogP contribution in [0, 0.1) is 0 Å². The first-order valence-corrected chi connectivity index (χ1v) is 4.72. The normalized spacial score (nSPS) is 32.0. The molecular formula is C9H17NO4. The standard InChI is InChI=1S/C9H17NO4/c1-7-9(8(11)12,3-5-14-7)10-4-6-13-2/h7,10H,3-6H2,1-2H3,(H,11,12). The van der Waals surface area contributed by atoms with Crippen LogP contribution in [0.4, 0.5) is 0 Å². The molecule has 1 fully saturated rings. The highest BCUT2D eigenvalue weighted by molar-refractivity contribution is 5.80. The second-order valence-electron chi connectivity index (χ2n) is 3.46. The van der Waals surface area contributed by atoms with Crippen LogP contribution < -0.4 is 5.32 Å². The molecule has 0 radical (unpaired) electrons. The van der Waals surface area contributed by atoms with E-state index in [1.54, 1.807) is 14.0 Å². The number of rotatable bonds is 5. The molecule has 1 saturated heterocycles. The zero-order valence-electron chi connectivity index (χ0n) is 8.58. The van der Waals surface area contributed by atoms with Crippen LogP contribution in [0.25, 0.3) is 0 Å². The Labute approximate surface area is 83.4 Å². The molecular weight excluding hydrogens is 186 g/mol. The van der Waals surface area contributed by atoms with E-state index in [0.717, 1.165) is 0 Å². The second kappa shape index (κ2) is 4.72. The quantitative estimate of drug-likeness (QED) is 0.608. The molecule has 0 aromatic heterocycles. The summed E-state index contributed by atoms with van der Waals surface area (Å²) in [5.74, 6) is -0.849. The van der Waals surface area contributed by atoms with Crippen LogP contribution >= 0.6 is 0 Å². The fourth-order valence-electron chi connectivity index (χ4n) is 1.71. The second-order valence-corrected chi connectivity index (χ2v) is 3.46. The van der Waals surface area contributed by atoms with E-state index in [4.69, 9.17) is 14.6 Å². The highest BCUT2D eigenvalue weighted by Gasteiger charge is 2.47. The van der Waals surface area contributed by atoms with Gasteiger partial charge in [-0.3, -0.25) is 10.1 Å². The summed E-state index contributed by atoms with van der Waals surface area (Å²) >= 11 is 0. The molecule has 1 aliphatic rings. The Morgan fingerprint density at radius 3 is 2.93 bits per heavy atom. The summed E-state index contributed by atoms with van der Waals surface area (Å²) < 4.78 is 10.1. The maximum atomic E-state index is 11.1. The average molecular weight is 203 g/mol. The van der Waals surface area contributed by atoms with Crippen molar-refractivity contribution in [3.63, 3.8) is 0 Å². The minimum atomic E-state index is -0.932. The Kier molecular flexibility index (Phi) is 3.86. The van der Waals surface area contributed by atoms with E-state index in [0.29, 0.717) is 26.2 Å². The van der Waals surface area contributed by atoms with Gasteiger partial charge in [0.05, 0.1) is 12.7 Å². The molecule has 82 valence electrons. The molecule has 14 heavy (non-hydrogen) atoms. The summed E-state index contributed by atoms with van der Waals surface area (Å²) in [6.45, 7) is 3.30. The van der Waals surface area contributed by atoms with Crippen LogP contribution in [0.5, 0.6) is 0 Å². The first-order chi connectivity index (χ1) is 6.63. The van der Waals surface area contributed by atoms with Gasteiger partial charge in [0.1, 0.15) is 5.54 Å². The van der Waals surface area contributed by atoms with Crippen molar-refractivity contribution in [2.45, 2.75) is 25.0 Å². The number of aliphatic carboxylic acids is 1. The van der Waals surface area contributed by atoms with Crippen molar-refractivity contribution in [3.05, 3.63) is 0 Å². The first-order valence-electron chi connectivity index (χ1n) is 4.72. The van der Waals surface area contributed by atoms with Gasteiger partial charge in [0.2, 0.25) is 0 Å². The van der Waals surface area contributed by atoms with E-state index in [1.807, 2.05) is 0 Å². The first kappa shape index (κ1) is 11.4. The molecule has 5 nitrogen and oxygen atoms in total. The van der Waals surface area contributed by atoms with Crippen molar-refractivity contribution >= 4 is 5.97 Å². The van der Waals surface area contributed by atoms with Crippen LogP contribution in [-0.4, -0.2) is 49.6 Å². The lowest BCUT2D eigenvalue weighted by Crippen LogP contribution is -2.57. The smallest absolute Gasteiger partial charge is 0.326 e.